The van der Waals surface area contributed by atoms with Crippen molar-refractivity contribution in [3.05, 3.63) is 54.1 Å². The second kappa shape index (κ2) is 9.67. The molecular weight excluding hydrogens is 358 g/mol. The number of nitrogens with one attached hydrogen (secondary N) is 2. The number of aliphatic hydroxyl groups excluding tert-OH is 1. The monoisotopic (exact) mass is 385 g/mol. The minimum atomic E-state index is -0.206. The van der Waals surface area contributed by atoms with Gasteiger partial charge >= 0.3 is 6.03 Å². The highest BCUT2D eigenvalue weighted by Crippen LogP contribution is 2.23. The Morgan fingerprint density at radius 2 is 1.78 bits per heavy atom. The fraction of sp³-hybridized carbons (Fsp3) is 0.381. The summed E-state index contributed by atoms with van der Waals surface area (Å²) in [6, 6.07) is 15.9. The molecule has 0 aromatic heterocycles. The molecule has 1 saturated heterocycles. The molecule has 1 aliphatic rings. The number of carbonyl (C=O) groups is 1. The van der Waals surface area contributed by atoms with Gasteiger partial charge in [0, 0.05) is 42.5 Å². The topological polar surface area (TPSA) is 64.6 Å². The maximum atomic E-state index is 12.1. The largest absolute Gasteiger partial charge is 0.396 e. The number of thioether (sulfide) groups is 1. The molecule has 0 unspecified atom stereocenters. The van der Waals surface area contributed by atoms with Gasteiger partial charge in [-0.1, -0.05) is 12.1 Å². The Labute approximate surface area is 165 Å². The first-order valence-electron chi connectivity index (χ1n) is 9.31. The van der Waals surface area contributed by atoms with Gasteiger partial charge in [0.25, 0.3) is 0 Å². The van der Waals surface area contributed by atoms with Crippen molar-refractivity contribution in [1.29, 1.82) is 0 Å². The lowest BCUT2D eigenvalue weighted by atomic mass is 9.97. The minimum Gasteiger partial charge on any atom is -0.396 e. The van der Waals surface area contributed by atoms with Gasteiger partial charge < -0.3 is 20.6 Å². The van der Waals surface area contributed by atoms with Crippen LogP contribution in [0.15, 0.2) is 53.4 Å². The van der Waals surface area contributed by atoms with Gasteiger partial charge in [-0.2, -0.15) is 0 Å². The number of benzene rings is 2. The molecule has 2 aromatic carbocycles. The Morgan fingerprint density at radius 1 is 1.11 bits per heavy atom. The fourth-order valence-electron chi connectivity index (χ4n) is 3.23. The predicted molar refractivity (Wildman–Crippen MR) is 113 cm³/mol. The number of rotatable bonds is 6. The number of amides is 2. The smallest absolute Gasteiger partial charge is 0.319 e. The molecule has 3 rings (SSSR count). The summed E-state index contributed by atoms with van der Waals surface area (Å²) in [6.45, 7) is 2.75. The lowest BCUT2D eigenvalue weighted by Gasteiger charge is -2.33. The highest BCUT2D eigenvalue weighted by atomic mass is 32.2. The molecule has 144 valence electrons. The summed E-state index contributed by atoms with van der Waals surface area (Å²) in [6.07, 6.45) is 4.10. The van der Waals surface area contributed by atoms with E-state index in [4.69, 9.17) is 0 Å². The summed E-state index contributed by atoms with van der Waals surface area (Å²) in [4.78, 5) is 15.6. The van der Waals surface area contributed by atoms with Crippen LogP contribution in [0.5, 0.6) is 0 Å². The van der Waals surface area contributed by atoms with E-state index in [0.29, 0.717) is 19.1 Å². The summed E-state index contributed by atoms with van der Waals surface area (Å²) in [5, 5.41) is 15.0. The van der Waals surface area contributed by atoms with E-state index in [1.165, 1.54) is 10.6 Å². The summed E-state index contributed by atoms with van der Waals surface area (Å²) in [5.74, 6) is 0.445. The first-order chi connectivity index (χ1) is 13.2. The third-order valence-electron chi connectivity index (χ3n) is 4.98. The molecule has 2 amide bonds. The lowest BCUT2D eigenvalue weighted by Crippen LogP contribution is -2.34. The van der Waals surface area contributed by atoms with E-state index in [-0.39, 0.29) is 6.03 Å². The molecule has 0 aliphatic carbocycles. The van der Waals surface area contributed by atoms with Gasteiger partial charge in [-0.05, 0) is 67.0 Å². The molecule has 3 N–H and O–H groups in total. The molecule has 2 aromatic rings. The molecular formula is C21H27N3O2S. The lowest BCUT2D eigenvalue weighted by molar-refractivity contribution is 0.203. The van der Waals surface area contributed by atoms with E-state index in [0.717, 1.165) is 37.2 Å². The van der Waals surface area contributed by atoms with Crippen molar-refractivity contribution in [1.82, 2.24) is 5.32 Å². The van der Waals surface area contributed by atoms with Gasteiger partial charge in [-0.3, -0.25) is 0 Å². The average Bonchev–Trinajstić information content (AvgIpc) is 2.73. The average molecular weight is 386 g/mol. The Balaban J connectivity index is 1.46. The number of nitrogens with zero attached hydrogens (tertiary/aromatic N) is 1. The van der Waals surface area contributed by atoms with Gasteiger partial charge in [0.05, 0.1) is 0 Å². The number of hydrogen-bond acceptors (Lipinski definition) is 4. The normalized spacial score (nSPS) is 14.8. The van der Waals surface area contributed by atoms with Crippen LogP contribution in [0.1, 0.15) is 18.4 Å². The molecule has 1 fully saturated rings. The van der Waals surface area contributed by atoms with Crippen LogP contribution < -0.4 is 15.5 Å². The van der Waals surface area contributed by atoms with E-state index in [9.17, 15) is 9.90 Å². The van der Waals surface area contributed by atoms with Crippen LogP contribution in [-0.2, 0) is 6.54 Å². The van der Waals surface area contributed by atoms with Crippen molar-refractivity contribution >= 4 is 29.2 Å². The number of piperidine rings is 1. The van der Waals surface area contributed by atoms with Crippen molar-refractivity contribution in [2.24, 2.45) is 5.92 Å². The molecule has 0 bridgehead atoms. The first kappa shape index (κ1) is 19.6. The number of urea groups is 1. The minimum absolute atomic E-state index is 0.206. The Kier molecular flexibility index (Phi) is 7.01. The molecule has 1 aliphatic heterocycles. The van der Waals surface area contributed by atoms with E-state index >= 15 is 0 Å². The van der Waals surface area contributed by atoms with Crippen molar-refractivity contribution < 1.29 is 9.90 Å². The summed E-state index contributed by atoms with van der Waals surface area (Å²) in [5.41, 5.74) is 3.05. The molecule has 0 saturated carbocycles. The molecule has 1 heterocycles. The fourth-order valence-corrected chi connectivity index (χ4v) is 3.64. The van der Waals surface area contributed by atoms with Gasteiger partial charge in [0.2, 0.25) is 0 Å². The van der Waals surface area contributed by atoms with Crippen LogP contribution in [-0.4, -0.2) is 37.1 Å². The standard InChI is InChI=1S/C21H27N3O2S/c1-27-20-8-4-18(5-9-20)23-21(26)22-14-16-2-6-19(7-3-16)24-12-10-17(15-25)11-13-24/h2-9,17,25H,10-15H2,1H3,(H2,22,23,26). The van der Waals surface area contributed by atoms with Gasteiger partial charge in [0.15, 0.2) is 0 Å². The summed E-state index contributed by atoms with van der Waals surface area (Å²) >= 11 is 1.67. The molecule has 5 nitrogen and oxygen atoms in total. The molecule has 0 radical (unpaired) electrons. The van der Waals surface area contributed by atoms with Crippen molar-refractivity contribution in [3.63, 3.8) is 0 Å². The quantitative estimate of drug-likeness (QED) is 0.659. The Hall–Kier alpha value is -2.18. The van der Waals surface area contributed by atoms with Gasteiger partial charge in [-0.25, -0.2) is 4.79 Å². The van der Waals surface area contributed by atoms with Crippen LogP contribution in [0.2, 0.25) is 0 Å². The van der Waals surface area contributed by atoms with E-state index in [2.05, 4.69) is 39.8 Å². The predicted octanol–water partition coefficient (Wildman–Crippen LogP) is 3.94. The molecule has 0 atom stereocenters. The van der Waals surface area contributed by atoms with Gasteiger partial charge in [0.1, 0.15) is 0 Å². The van der Waals surface area contributed by atoms with Crippen molar-refractivity contribution in [2.45, 2.75) is 24.3 Å². The Morgan fingerprint density at radius 3 is 2.37 bits per heavy atom. The van der Waals surface area contributed by atoms with E-state index in [1.54, 1.807) is 11.8 Å². The van der Waals surface area contributed by atoms with Crippen molar-refractivity contribution in [3.8, 4) is 0 Å². The Bertz CT molecular complexity index is 726. The number of aliphatic hydroxyl groups is 1. The second-order valence-corrected chi connectivity index (χ2v) is 7.70. The molecule has 27 heavy (non-hydrogen) atoms. The third-order valence-corrected chi connectivity index (χ3v) is 5.72. The number of carbonyl (C=O) groups excluding carboxylic acids is 1. The summed E-state index contributed by atoms with van der Waals surface area (Å²) < 4.78 is 0. The van der Waals surface area contributed by atoms with Gasteiger partial charge in [-0.15, -0.1) is 11.8 Å². The van der Waals surface area contributed by atoms with Crippen LogP contribution in [0.3, 0.4) is 0 Å². The zero-order valence-electron chi connectivity index (χ0n) is 15.6. The second-order valence-electron chi connectivity index (χ2n) is 6.82. The van der Waals surface area contributed by atoms with Crippen LogP contribution in [0.4, 0.5) is 16.2 Å². The number of hydrogen-bond donors (Lipinski definition) is 3. The third kappa shape index (κ3) is 5.65. The first-order valence-corrected chi connectivity index (χ1v) is 10.5. The van der Waals surface area contributed by atoms with Crippen molar-refractivity contribution in [2.75, 3.05) is 36.2 Å². The zero-order valence-corrected chi connectivity index (χ0v) is 16.5. The SMILES string of the molecule is CSc1ccc(NC(=O)NCc2ccc(N3CCC(CO)CC3)cc2)cc1. The highest BCUT2D eigenvalue weighted by Gasteiger charge is 2.18. The molecule has 0 spiro atoms. The summed E-state index contributed by atoms with van der Waals surface area (Å²) in [7, 11) is 0. The van der Waals surface area contributed by atoms with Crippen LogP contribution >= 0.6 is 11.8 Å². The number of anilines is 2. The zero-order chi connectivity index (χ0) is 19.1. The van der Waals surface area contributed by atoms with Crippen LogP contribution in [0.25, 0.3) is 0 Å². The maximum Gasteiger partial charge on any atom is 0.319 e. The maximum absolute atomic E-state index is 12.1. The van der Waals surface area contributed by atoms with E-state index in [1.807, 2.05) is 30.5 Å². The molecule has 6 heteroatoms. The highest BCUT2D eigenvalue weighted by molar-refractivity contribution is 7.98. The van der Waals surface area contributed by atoms with Crippen LogP contribution in [0, 0.1) is 5.92 Å². The van der Waals surface area contributed by atoms with E-state index < -0.39 is 0 Å².